The fourth-order valence-electron chi connectivity index (χ4n) is 1.90. The van der Waals surface area contributed by atoms with Gasteiger partial charge in [0.25, 0.3) is 0 Å². The maximum Gasteiger partial charge on any atom is 0.0685 e. The summed E-state index contributed by atoms with van der Waals surface area (Å²) in [5.41, 5.74) is 3.28. The van der Waals surface area contributed by atoms with Gasteiger partial charge in [0.15, 0.2) is 0 Å². The molecular formula is C15H18N2O. The molecule has 1 heterocycles. The van der Waals surface area contributed by atoms with Crippen molar-refractivity contribution in [2.75, 3.05) is 0 Å². The number of hydrogen-bond donors (Lipinski definition) is 2. The Kier molecular flexibility index (Phi) is 4.45. The molecule has 0 amide bonds. The largest absolute Gasteiger partial charge is 0.392 e. The number of nitrogens with zero attached hydrogens (tertiary/aromatic N) is 1. The molecule has 3 nitrogen and oxygen atoms in total. The fraction of sp³-hybridized carbons (Fsp3) is 0.267. The number of aliphatic hydroxyl groups is 1. The molecule has 1 aromatic carbocycles. The van der Waals surface area contributed by atoms with E-state index in [1.54, 1.807) is 6.20 Å². The Hall–Kier alpha value is -1.71. The Balaban J connectivity index is 1.99. The molecule has 0 saturated heterocycles. The highest BCUT2D eigenvalue weighted by Crippen LogP contribution is 2.13. The third-order valence-electron chi connectivity index (χ3n) is 3.07. The number of benzene rings is 1. The first kappa shape index (κ1) is 12.7. The molecular weight excluding hydrogens is 224 g/mol. The van der Waals surface area contributed by atoms with Crippen LogP contribution in [-0.2, 0) is 13.2 Å². The van der Waals surface area contributed by atoms with Crippen molar-refractivity contribution in [2.24, 2.45) is 0 Å². The van der Waals surface area contributed by atoms with Gasteiger partial charge in [-0.25, -0.2) is 0 Å². The second-order valence-electron chi connectivity index (χ2n) is 4.32. The van der Waals surface area contributed by atoms with Crippen LogP contribution in [0.1, 0.15) is 29.7 Å². The summed E-state index contributed by atoms with van der Waals surface area (Å²) in [6, 6.07) is 12.2. The summed E-state index contributed by atoms with van der Waals surface area (Å²) in [5, 5.41) is 12.7. The molecule has 2 rings (SSSR count). The van der Waals surface area contributed by atoms with E-state index in [2.05, 4.69) is 23.3 Å². The smallest absolute Gasteiger partial charge is 0.0685 e. The van der Waals surface area contributed by atoms with Crippen LogP contribution in [0.3, 0.4) is 0 Å². The Morgan fingerprint density at radius 1 is 1.17 bits per heavy atom. The number of rotatable bonds is 5. The van der Waals surface area contributed by atoms with Crippen LogP contribution in [0.5, 0.6) is 0 Å². The molecule has 1 aromatic heterocycles. The van der Waals surface area contributed by atoms with Gasteiger partial charge in [-0.3, -0.25) is 4.98 Å². The van der Waals surface area contributed by atoms with Crippen LogP contribution in [0.15, 0.2) is 48.8 Å². The Labute approximate surface area is 108 Å². The van der Waals surface area contributed by atoms with Gasteiger partial charge in [-0.2, -0.15) is 0 Å². The number of aromatic nitrogens is 1. The predicted molar refractivity (Wildman–Crippen MR) is 71.9 cm³/mol. The van der Waals surface area contributed by atoms with Gasteiger partial charge in [0, 0.05) is 25.0 Å². The third kappa shape index (κ3) is 3.15. The van der Waals surface area contributed by atoms with E-state index >= 15 is 0 Å². The van der Waals surface area contributed by atoms with Gasteiger partial charge < -0.3 is 10.4 Å². The van der Waals surface area contributed by atoms with Crippen molar-refractivity contribution in [2.45, 2.75) is 26.1 Å². The van der Waals surface area contributed by atoms with Crippen molar-refractivity contribution in [3.8, 4) is 0 Å². The minimum atomic E-state index is 0.0825. The van der Waals surface area contributed by atoms with Gasteiger partial charge >= 0.3 is 0 Å². The van der Waals surface area contributed by atoms with E-state index in [4.69, 9.17) is 0 Å². The van der Waals surface area contributed by atoms with Crippen molar-refractivity contribution in [1.29, 1.82) is 0 Å². The maximum atomic E-state index is 9.26. The molecule has 18 heavy (non-hydrogen) atoms. The number of aliphatic hydroxyl groups excluding tert-OH is 1. The van der Waals surface area contributed by atoms with Crippen LogP contribution in [0.2, 0.25) is 0 Å². The Morgan fingerprint density at radius 3 is 2.61 bits per heavy atom. The lowest BCUT2D eigenvalue weighted by molar-refractivity contribution is 0.280. The van der Waals surface area contributed by atoms with Crippen molar-refractivity contribution in [1.82, 2.24) is 10.3 Å². The van der Waals surface area contributed by atoms with Gasteiger partial charge in [-0.05, 0) is 29.7 Å². The van der Waals surface area contributed by atoms with Crippen molar-refractivity contribution < 1.29 is 5.11 Å². The van der Waals surface area contributed by atoms with E-state index in [-0.39, 0.29) is 12.6 Å². The molecule has 0 saturated carbocycles. The predicted octanol–water partition coefficient (Wildman–Crippen LogP) is 2.42. The molecule has 0 bridgehead atoms. The van der Waals surface area contributed by atoms with Gasteiger partial charge in [-0.15, -0.1) is 0 Å². The molecule has 1 unspecified atom stereocenters. The van der Waals surface area contributed by atoms with Gasteiger partial charge in [0.1, 0.15) is 0 Å². The first-order valence-corrected chi connectivity index (χ1v) is 6.12. The van der Waals surface area contributed by atoms with Gasteiger partial charge in [0.05, 0.1) is 6.61 Å². The van der Waals surface area contributed by atoms with Gasteiger partial charge in [0.2, 0.25) is 0 Å². The second kappa shape index (κ2) is 6.28. The SMILES string of the molecule is CC(NCc1ccccc1CO)c1cccnc1. The minimum absolute atomic E-state index is 0.0825. The zero-order chi connectivity index (χ0) is 12.8. The quantitative estimate of drug-likeness (QED) is 0.846. The molecule has 0 aliphatic heterocycles. The average Bonchev–Trinajstić information content (AvgIpc) is 2.46. The van der Waals surface area contributed by atoms with E-state index in [1.807, 2.05) is 36.5 Å². The molecule has 0 aliphatic carbocycles. The van der Waals surface area contributed by atoms with E-state index in [9.17, 15) is 5.11 Å². The van der Waals surface area contributed by atoms with Gasteiger partial charge in [-0.1, -0.05) is 30.3 Å². The highest BCUT2D eigenvalue weighted by Gasteiger charge is 2.06. The lowest BCUT2D eigenvalue weighted by atomic mass is 10.1. The first-order valence-electron chi connectivity index (χ1n) is 6.12. The number of pyridine rings is 1. The number of nitrogens with one attached hydrogen (secondary N) is 1. The summed E-state index contributed by atoms with van der Waals surface area (Å²) < 4.78 is 0. The molecule has 2 aromatic rings. The highest BCUT2D eigenvalue weighted by molar-refractivity contribution is 5.26. The highest BCUT2D eigenvalue weighted by atomic mass is 16.3. The Bertz CT molecular complexity index is 485. The van der Waals surface area contributed by atoms with Crippen molar-refractivity contribution in [3.05, 3.63) is 65.5 Å². The lowest BCUT2D eigenvalue weighted by Gasteiger charge is -2.15. The van der Waals surface area contributed by atoms with Crippen molar-refractivity contribution >= 4 is 0 Å². The van der Waals surface area contributed by atoms with E-state index in [0.717, 1.165) is 17.7 Å². The maximum absolute atomic E-state index is 9.26. The van der Waals surface area contributed by atoms with Crippen LogP contribution in [0, 0.1) is 0 Å². The molecule has 0 radical (unpaired) electrons. The zero-order valence-electron chi connectivity index (χ0n) is 10.5. The minimum Gasteiger partial charge on any atom is -0.392 e. The fourth-order valence-corrected chi connectivity index (χ4v) is 1.90. The lowest BCUT2D eigenvalue weighted by Crippen LogP contribution is -2.19. The molecule has 2 N–H and O–H groups in total. The van der Waals surface area contributed by atoms with Crippen LogP contribution in [0.25, 0.3) is 0 Å². The van der Waals surface area contributed by atoms with Crippen LogP contribution in [0.4, 0.5) is 0 Å². The topological polar surface area (TPSA) is 45.1 Å². The first-order chi connectivity index (χ1) is 8.81. The molecule has 3 heteroatoms. The standard InChI is InChI=1S/C15H18N2O/c1-12(13-7-4-8-16-9-13)17-10-14-5-2-3-6-15(14)11-18/h2-9,12,17-18H,10-11H2,1H3. The molecule has 0 aliphatic rings. The second-order valence-corrected chi connectivity index (χ2v) is 4.32. The summed E-state index contributed by atoms with van der Waals surface area (Å²) >= 11 is 0. The molecule has 1 atom stereocenters. The van der Waals surface area contributed by atoms with Crippen LogP contribution >= 0.6 is 0 Å². The summed E-state index contributed by atoms with van der Waals surface area (Å²) in [5.74, 6) is 0. The summed E-state index contributed by atoms with van der Waals surface area (Å²) in [6.07, 6.45) is 3.65. The van der Waals surface area contributed by atoms with E-state index in [0.29, 0.717) is 0 Å². The summed E-state index contributed by atoms with van der Waals surface area (Å²) in [4.78, 5) is 4.11. The molecule has 0 fully saturated rings. The van der Waals surface area contributed by atoms with E-state index in [1.165, 1.54) is 5.56 Å². The monoisotopic (exact) mass is 242 g/mol. The normalized spacial score (nSPS) is 12.3. The van der Waals surface area contributed by atoms with E-state index < -0.39 is 0 Å². The van der Waals surface area contributed by atoms with Crippen LogP contribution in [-0.4, -0.2) is 10.1 Å². The summed E-state index contributed by atoms with van der Waals surface area (Å²) in [6.45, 7) is 2.94. The van der Waals surface area contributed by atoms with Crippen LogP contribution < -0.4 is 5.32 Å². The third-order valence-corrected chi connectivity index (χ3v) is 3.07. The molecule has 94 valence electrons. The zero-order valence-corrected chi connectivity index (χ0v) is 10.5. The number of hydrogen-bond acceptors (Lipinski definition) is 3. The van der Waals surface area contributed by atoms with Crippen molar-refractivity contribution in [3.63, 3.8) is 0 Å². The molecule has 0 spiro atoms. The summed E-state index contributed by atoms with van der Waals surface area (Å²) in [7, 11) is 0. The Morgan fingerprint density at radius 2 is 1.94 bits per heavy atom. The average molecular weight is 242 g/mol.